The van der Waals surface area contributed by atoms with Gasteiger partial charge in [-0.1, -0.05) is 30.8 Å². The largest absolute Gasteiger partial charge is 0.268 e. The molecule has 0 spiro atoms. The predicted octanol–water partition coefficient (Wildman–Crippen LogP) is 4.80. The summed E-state index contributed by atoms with van der Waals surface area (Å²) in [6.45, 7) is 6.30. The van der Waals surface area contributed by atoms with Gasteiger partial charge in [-0.15, -0.1) is 11.3 Å². The second-order valence-corrected chi connectivity index (χ2v) is 9.33. The van der Waals surface area contributed by atoms with Gasteiger partial charge in [0.05, 0.1) is 22.9 Å². The summed E-state index contributed by atoms with van der Waals surface area (Å²) in [6, 6.07) is 8.26. The van der Waals surface area contributed by atoms with Crippen LogP contribution in [0.3, 0.4) is 0 Å². The Morgan fingerprint density at radius 3 is 3.00 bits per heavy atom. The van der Waals surface area contributed by atoms with Crippen LogP contribution >= 0.6 is 23.1 Å². The molecule has 0 fully saturated rings. The first kappa shape index (κ1) is 18.3. The van der Waals surface area contributed by atoms with E-state index in [1.165, 1.54) is 22.2 Å². The van der Waals surface area contributed by atoms with Crippen molar-refractivity contribution in [2.75, 3.05) is 5.75 Å². The minimum atomic E-state index is 0.00110. The molecule has 1 aliphatic rings. The number of hydrogen-bond acceptors (Lipinski definition) is 5. The number of hydrogen-bond donors (Lipinski definition) is 0. The molecule has 6 heteroatoms. The van der Waals surface area contributed by atoms with Crippen molar-refractivity contribution < 1.29 is 0 Å². The molecule has 2 heterocycles. The highest BCUT2D eigenvalue weighted by molar-refractivity contribution is 7.99. The topological polar surface area (TPSA) is 58.7 Å². The number of nitrogens with zero attached hydrogens (tertiary/aromatic N) is 3. The molecule has 2 aromatic heterocycles. The van der Waals surface area contributed by atoms with Gasteiger partial charge in [-0.05, 0) is 61.8 Å². The van der Waals surface area contributed by atoms with Crippen LogP contribution in [0.1, 0.15) is 34.9 Å². The fourth-order valence-corrected chi connectivity index (χ4v) is 5.83. The highest BCUT2D eigenvalue weighted by Gasteiger charge is 2.25. The Morgan fingerprint density at radius 2 is 2.22 bits per heavy atom. The maximum Gasteiger partial charge on any atom is 0.267 e. The maximum absolute atomic E-state index is 13.6. The smallest absolute Gasteiger partial charge is 0.267 e. The lowest BCUT2D eigenvalue weighted by molar-refractivity contribution is 0.509. The fourth-order valence-electron chi connectivity index (χ4n) is 3.74. The third kappa shape index (κ3) is 3.19. The molecule has 0 bridgehead atoms. The van der Waals surface area contributed by atoms with Crippen molar-refractivity contribution >= 4 is 33.3 Å². The van der Waals surface area contributed by atoms with Crippen molar-refractivity contribution in [2.24, 2.45) is 5.92 Å². The Kier molecular flexibility index (Phi) is 4.83. The monoisotopic (exact) mass is 395 g/mol. The van der Waals surface area contributed by atoms with Crippen LogP contribution in [0, 0.1) is 31.1 Å². The summed E-state index contributed by atoms with van der Waals surface area (Å²) in [5.74, 6) is 0.921. The first-order chi connectivity index (χ1) is 13.0. The molecular formula is C21H21N3OS2. The molecular weight excluding hydrogens is 374 g/mol. The molecule has 1 unspecified atom stereocenters. The number of fused-ring (bicyclic) bond motifs is 3. The lowest BCUT2D eigenvalue weighted by atomic mass is 9.89. The van der Waals surface area contributed by atoms with Gasteiger partial charge in [0.25, 0.3) is 5.56 Å². The summed E-state index contributed by atoms with van der Waals surface area (Å²) in [7, 11) is 0. The zero-order valence-electron chi connectivity index (χ0n) is 15.7. The highest BCUT2D eigenvalue weighted by Crippen LogP contribution is 2.37. The first-order valence-corrected chi connectivity index (χ1v) is 10.9. The molecule has 1 aromatic carbocycles. The molecule has 0 aliphatic heterocycles. The Hall–Kier alpha value is -2.10. The van der Waals surface area contributed by atoms with Crippen molar-refractivity contribution in [1.82, 2.24) is 9.55 Å². The number of nitriles is 1. The summed E-state index contributed by atoms with van der Waals surface area (Å²) in [5.41, 5.74) is 4.18. The minimum absolute atomic E-state index is 0.00110. The quantitative estimate of drug-likeness (QED) is 0.472. The fraction of sp³-hybridized carbons (Fsp3) is 0.381. The zero-order chi connectivity index (χ0) is 19.1. The van der Waals surface area contributed by atoms with Crippen LogP contribution in [0.15, 0.2) is 28.2 Å². The lowest BCUT2D eigenvalue weighted by Gasteiger charge is -2.18. The Bertz CT molecular complexity index is 1140. The van der Waals surface area contributed by atoms with Crippen LogP contribution in [0.4, 0.5) is 0 Å². The van der Waals surface area contributed by atoms with E-state index in [1.54, 1.807) is 15.9 Å². The Labute approximate surface area is 166 Å². The third-order valence-electron chi connectivity index (χ3n) is 5.17. The van der Waals surface area contributed by atoms with Gasteiger partial charge in [0, 0.05) is 4.88 Å². The number of aryl methyl sites for hydroxylation is 3. The van der Waals surface area contributed by atoms with E-state index in [4.69, 9.17) is 10.2 Å². The second-order valence-electron chi connectivity index (χ2n) is 7.30. The number of benzene rings is 1. The average molecular weight is 396 g/mol. The van der Waals surface area contributed by atoms with Crippen LogP contribution in [-0.4, -0.2) is 15.3 Å². The van der Waals surface area contributed by atoms with E-state index in [0.717, 1.165) is 46.3 Å². The van der Waals surface area contributed by atoms with E-state index in [9.17, 15) is 4.79 Å². The molecule has 138 valence electrons. The standard InChI is InChI=1S/C21H21N3OS2/c1-12-4-6-14(3)16(10-12)24-20(25)18-15-7-5-13(2)11-17(15)27-19(18)23-21(24)26-9-8-22/h4,6,10,13H,5,7,9,11H2,1-3H3. The van der Waals surface area contributed by atoms with Gasteiger partial charge in [0.2, 0.25) is 0 Å². The molecule has 27 heavy (non-hydrogen) atoms. The van der Waals surface area contributed by atoms with Gasteiger partial charge in [0.15, 0.2) is 5.16 Å². The summed E-state index contributed by atoms with van der Waals surface area (Å²) >= 11 is 2.99. The van der Waals surface area contributed by atoms with Crippen LogP contribution in [-0.2, 0) is 12.8 Å². The van der Waals surface area contributed by atoms with Crippen LogP contribution in [0.25, 0.3) is 15.9 Å². The number of aromatic nitrogens is 2. The third-order valence-corrected chi connectivity index (χ3v) is 7.12. The van der Waals surface area contributed by atoms with E-state index in [2.05, 4.69) is 13.0 Å². The summed E-state index contributed by atoms with van der Waals surface area (Å²) in [4.78, 5) is 20.6. The van der Waals surface area contributed by atoms with Crippen molar-refractivity contribution in [2.45, 2.75) is 45.2 Å². The van der Waals surface area contributed by atoms with Crippen LogP contribution < -0.4 is 5.56 Å². The van der Waals surface area contributed by atoms with Crippen LogP contribution in [0.2, 0.25) is 0 Å². The van der Waals surface area contributed by atoms with Gasteiger partial charge in [-0.2, -0.15) is 5.26 Å². The van der Waals surface area contributed by atoms with Crippen molar-refractivity contribution in [1.29, 1.82) is 5.26 Å². The van der Waals surface area contributed by atoms with Crippen LogP contribution in [0.5, 0.6) is 0 Å². The normalized spacial score (nSPS) is 16.3. The van der Waals surface area contributed by atoms with Crippen molar-refractivity contribution in [3.05, 3.63) is 50.1 Å². The molecule has 1 atom stereocenters. The van der Waals surface area contributed by atoms with E-state index in [-0.39, 0.29) is 11.3 Å². The molecule has 4 nitrogen and oxygen atoms in total. The van der Waals surface area contributed by atoms with Gasteiger partial charge in [0.1, 0.15) is 4.83 Å². The van der Waals surface area contributed by atoms with E-state index in [1.807, 2.05) is 32.0 Å². The summed E-state index contributed by atoms with van der Waals surface area (Å²) in [5, 5.41) is 10.4. The van der Waals surface area contributed by atoms with Gasteiger partial charge < -0.3 is 0 Å². The average Bonchev–Trinajstić information content (AvgIpc) is 2.99. The van der Waals surface area contributed by atoms with Crippen molar-refractivity contribution in [3.8, 4) is 11.8 Å². The molecule has 0 saturated carbocycles. The summed E-state index contributed by atoms with van der Waals surface area (Å²) in [6.07, 6.45) is 3.09. The summed E-state index contributed by atoms with van der Waals surface area (Å²) < 4.78 is 1.72. The molecule has 1 aliphatic carbocycles. The minimum Gasteiger partial charge on any atom is -0.268 e. The number of thioether (sulfide) groups is 1. The first-order valence-electron chi connectivity index (χ1n) is 9.14. The molecule has 0 N–H and O–H groups in total. The molecule has 4 rings (SSSR count). The van der Waals surface area contributed by atoms with Gasteiger partial charge in [-0.25, -0.2) is 4.98 Å². The second kappa shape index (κ2) is 7.14. The highest BCUT2D eigenvalue weighted by atomic mass is 32.2. The van der Waals surface area contributed by atoms with Crippen molar-refractivity contribution in [3.63, 3.8) is 0 Å². The van der Waals surface area contributed by atoms with Gasteiger partial charge in [-0.3, -0.25) is 9.36 Å². The maximum atomic E-state index is 13.6. The predicted molar refractivity (Wildman–Crippen MR) is 112 cm³/mol. The number of rotatable bonds is 3. The zero-order valence-corrected chi connectivity index (χ0v) is 17.3. The Balaban J connectivity index is 2.03. The van der Waals surface area contributed by atoms with E-state index < -0.39 is 0 Å². The lowest BCUT2D eigenvalue weighted by Crippen LogP contribution is -2.23. The molecule has 0 saturated heterocycles. The molecule has 3 aromatic rings. The molecule has 0 amide bonds. The molecule has 0 radical (unpaired) electrons. The van der Waals surface area contributed by atoms with E-state index in [0.29, 0.717) is 11.1 Å². The van der Waals surface area contributed by atoms with E-state index >= 15 is 0 Å². The SMILES string of the molecule is Cc1ccc(C)c(-n2c(SCC#N)nc3sc4c(c3c2=O)CCC(C)C4)c1. The number of thiophene rings is 1. The van der Waals surface area contributed by atoms with Gasteiger partial charge >= 0.3 is 0 Å². The Morgan fingerprint density at radius 1 is 1.41 bits per heavy atom.